The number of nitrogens with one attached hydrogen (secondary N) is 3. The minimum Gasteiger partial charge on any atom is -0.356 e. The van der Waals surface area contributed by atoms with Crippen molar-refractivity contribution in [3.8, 4) is 0 Å². The van der Waals surface area contributed by atoms with E-state index >= 15 is 0 Å². The van der Waals surface area contributed by atoms with Crippen molar-refractivity contribution in [3.63, 3.8) is 0 Å². The van der Waals surface area contributed by atoms with E-state index in [9.17, 15) is 4.79 Å². The van der Waals surface area contributed by atoms with Crippen molar-refractivity contribution in [3.05, 3.63) is 0 Å². The Kier molecular flexibility index (Phi) is 11.6. The van der Waals surface area contributed by atoms with Crippen LogP contribution in [0.3, 0.4) is 0 Å². The molecule has 23 heavy (non-hydrogen) atoms. The summed E-state index contributed by atoms with van der Waals surface area (Å²) in [6.07, 6.45) is 9.51. The number of aliphatic imine (C=N–C) groups is 1. The lowest BCUT2D eigenvalue weighted by Crippen LogP contribution is -2.48. The fraction of sp³-hybridized carbons (Fsp3) is 0.882. The Labute approximate surface area is 158 Å². The van der Waals surface area contributed by atoms with Gasteiger partial charge in [0.2, 0.25) is 5.91 Å². The molecular formula is C17H35IN4O. The number of hydrogen-bond donors (Lipinski definition) is 3. The standard InChI is InChI=1S/C17H34N4O.HI/c1-17(2,3)21-15(22)13-20-16(18-4)19-12-8-7-11-14-9-5-6-10-14;/h14H,5-13H2,1-4H3,(H,21,22)(H2,18,19,20);1H. The van der Waals surface area contributed by atoms with Crippen LogP contribution in [0.2, 0.25) is 0 Å². The first-order chi connectivity index (χ1) is 10.4. The number of unbranched alkanes of at least 4 members (excludes halogenated alkanes) is 1. The van der Waals surface area contributed by atoms with Gasteiger partial charge in [0, 0.05) is 19.1 Å². The van der Waals surface area contributed by atoms with Gasteiger partial charge in [-0.2, -0.15) is 0 Å². The molecule has 6 heteroatoms. The lowest BCUT2D eigenvalue weighted by atomic mass is 10.0. The van der Waals surface area contributed by atoms with Crippen molar-refractivity contribution < 1.29 is 4.79 Å². The van der Waals surface area contributed by atoms with E-state index in [4.69, 9.17) is 0 Å². The van der Waals surface area contributed by atoms with Crippen molar-refractivity contribution in [2.45, 2.75) is 71.3 Å². The predicted molar refractivity (Wildman–Crippen MR) is 108 cm³/mol. The second-order valence-corrected chi connectivity index (χ2v) is 7.30. The van der Waals surface area contributed by atoms with Crippen molar-refractivity contribution >= 4 is 35.8 Å². The van der Waals surface area contributed by atoms with Crippen LogP contribution in [0.5, 0.6) is 0 Å². The molecule has 1 fully saturated rings. The van der Waals surface area contributed by atoms with Crippen LogP contribution in [0.1, 0.15) is 65.7 Å². The van der Waals surface area contributed by atoms with Crippen LogP contribution in [0, 0.1) is 5.92 Å². The second-order valence-electron chi connectivity index (χ2n) is 7.30. The molecule has 0 spiro atoms. The normalized spacial score (nSPS) is 15.9. The van der Waals surface area contributed by atoms with Crippen molar-refractivity contribution in [1.29, 1.82) is 0 Å². The maximum absolute atomic E-state index is 11.7. The van der Waals surface area contributed by atoms with Crippen LogP contribution in [-0.2, 0) is 4.79 Å². The van der Waals surface area contributed by atoms with E-state index in [1.807, 2.05) is 20.8 Å². The van der Waals surface area contributed by atoms with Crippen LogP contribution in [0.15, 0.2) is 4.99 Å². The molecule has 0 aromatic rings. The van der Waals surface area contributed by atoms with Gasteiger partial charge in [0.05, 0.1) is 6.54 Å². The molecule has 1 aliphatic carbocycles. The third kappa shape index (κ3) is 11.6. The summed E-state index contributed by atoms with van der Waals surface area (Å²) in [6, 6.07) is 0. The Hall–Kier alpha value is -0.530. The highest BCUT2D eigenvalue weighted by Gasteiger charge is 2.14. The zero-order valence-corrected chi connectivity index (χ0v) is 17.5. The topological polar surface area (TPSA) is 65.5 Å². The summed E-state index contributed by atoms with van der Waals surface area (Å²) in [6.45, 7) is 7.08. The fourth-order valence-electron chi connectivity index (χ4n) is 2.91. The van der Waals surface area contributed by atoms with Gasteiger partial charge < -0.3 is 16.0 Å². The van der Waals surface area contributed by atoms with Gasteiger partial charge in [-0.3, -0.25) is 9.79 Å². The predicted octanol–water partition coefficient (Wildman–Crippen LogP) is 3.04. The average Bonchev–Trinajstić information content (AvgIpc) is 2.93. The van der Waals surface area contributed by atoms with Gasteiger partial charge in [-0.15, -0.1) is 24.0 Å². The van der Waals surface area contributed by atoms with Crippen LogP contribution < -0.4 is 16.0 Å². The number of halogens is 1. The molecule has 136 valence electrons. The van der Waals surface area contributed by atoms with Gasteiger partial charge in [-0.25, -0.2) is 0 Å². The van der Waals surface area contributed by atoms with Crippen molar-refractivity contribution in [2.75, 3.05) is 20.1 Å². The van der Waals surface area contributed by atoms with E-state index in [2.05, 4.69) is 20.9 Å². The molecule has 0 aliphatic heterocycles. The third-order valence-electron chi connectivity index (χ3n) is 3.96. The molecule has 0 heterocycles. The van der Waals surface area contributed by atoms with Crippen molar-refractivity contribution in [1.82, 2.24) is 16.0 Å². The summed E-state index contributed by atoms with van der Waals surface area (Å²) in [5.74, 6) is 1.65. The molecule has 0 bridgehead atoms. The van der Waals surface area contributed by atoms with Gasteiger partial charge in [-0.05, 0) is 33.1 Å². The molecule has 5 nitrogen and oxygen atoms in total. The third-order valence-corrected chi connectivity index (χ3v) is 3.96. The molecular weight excluding hydrogens is 403 g/mol. The number of amides is 1. The maximum Gasteiger partial charge on any atom is 0.239 e. The summed E-state index contributed by atoms with van der Waals surface area (Å²) in [5.41, 5.74) is -0.198. The number of carbonyl (C=O) groups is 1. The van der Waals surface area contributed by atoms with E-state index in [1.165, 1.54) is 38.5 Å². The molecule has 3 N–H and O–H groups in total. The quantitative estimate of drug-likeness (QED) is 0.248. The van der Waals surface area contributed by atoms with Crippen LogP contribution >= 0.6 is 24.0 Å². The van der Waals surface area contributed by atoms with Gasteiger partial charge in [0.15, 0.2) is 5.96 Å². The Balaban J connectivity index is 0.00000484. The first-order valence-corrected chi connectivity index (χ1v) is 8.66. The van der Waals surface area contributed by atoms with Gasteiger partial charge in [0.1, 0.15) is 0 Å². The summed E-state index contributed by atoms with van der Waals surface area (Å²) in [5, 5.41) is 9.24. The Morgan fingerprint density at radius 3 is 2.35 bits per heavy atom. The van der Waals surface area contributed by atoms with E-state index < -0.39 is 0 Å². The highest BCUT2D eigenvalue weighted by atomic mass is 127. The average molecular weight is 438 g/mol. The monoisotopic (exact) mass is 438 g/mol. The summed E-state index contributed by atoms with van der Waals surface area (Å²) >= 11 is 0. The number of carbonyl (C=O) groups excluding carboxylic acids is 1. The Morgan fingerprint density at radius 2 is 1.78 bits per heavy atom. The van der Waals surface area contributed by atoms with E-state index in [0.29, 0.717) is 5.96 Å². The second kappa shape index (κ2) is 11.9. The number of nitrogens with zero attached hydrogens (tertiary/aromatic N) is 1. The molecule has 1 aliphatic rings. The van der Waals surface area contributed by atoms with Gasteiger partial charge in [-0.1, -0.05) is 38.5 Å². The molecule has 1 amide bonds. The molecule has 0 atom stereocenters. The highest BCUT2D eigenvalue weighted by Crippen LogP contribution is 2.28. The zero-order valence-electron chi connectivity index (χ0n) is 15.2. The van der Waals surface area contributed by atoms with E-state index in [-0.39, 0.29) is 42.0 Å². The summed E-state index contributed by atoms with van der Waals surface area (Å²) in [4.78, 5) is 15.9. The Morgan fingerprint density at radius 1 is 1.13 bits per heavy atom. The lowest BCUT2D eigenvalue weighted by molar-refractivity contribution is -0.121. The van der Waals surface area contributed by atoms with Crippen LogP contribution in [0.4, 0.5) is 0 Å². The van der Waals surface area contributed by atoms with E-state index in [1.54, 1.807) is 7.05 Å². The van der Waals surface area contributed by atoms with Crippen LogP contribution in [-0.4, -0.2) is 37.5 Å². The highest BCUT2D eigenvalue weighted by molar-refractivity contribution is 14.0. The lowest BCUT2D eigenvalue weighted by Gasteiger charge is -2.21. The Bertz CT molecular complexity index is 360. The van der Waals surface area contributed by atoms with Crippen LogP contribution in [0.25, 0.3) is 0 Å². The van der Waals surface area contributed by atoms with Crippen molar-refractivity contribution in [2.24, 2.45) is 10.9 Å². The largest absolute Gasteiger partial charge is 0.356 e. The zero-order chi connectivity index (χ0) is 16.4. The molecule has 0 aromatic carbocycles. The number of guanidine groups is 1. The first kappa shape index (κ1) is 22.5. The summed E-state index contributed by atoms with van der Waals surface area (Å²) < 4.78 is 0. The number of rotatable bonds is 7. The first-order valence-electron chi connectivity index (χ1n) is 8.66. The molecule has 1 rings (SSSR count). The minimum atomic E-state index is -0.198. The van der Waals surface area contributed by atoms with E-state index in [0.717, 1.165) is 18.9 Å². The fourth-order valence-corrected chi connectivity index (χ4v) is 2.91. The van der Waals surface area contributed by atoms with Gasteiger partial charge >= 0.3 is 0 Å². The SMILES string of the molecule is CN=C(NCCCCC1CCCC1)NCC(=O)NC(C)(C)C.I. The molecule has 1 saturated carbocycles. The molecule has 0 aromatic heterocycles. The smallest absolute Gasteiger partial charge is 0.239 e. The number of hydrogen-bond acceptors (Lipinski definition) is 2. The summed E-state index contributed by atoms with van der Waals surface area (Å²) in [7, 11) is 1.73. The molecule has 0 unspecified atom stereocenters. The molecule has 0 saturated heterocycles. The minimum absolute atomic E-state index is 0. The molecule has 0 radical (unpaired) electrons. The maximum atomic E-state index is 11.7. The van der Waals surface area contributed by atoms with Gasteiger partial charge in [0.25, 0.3) is 0 Å².